The molecule has 7 nitrogen and oxygen atoms in total. The molecule has 1 aromatic carbocycles. The number of aromatic nitrogens is 3. The molecule has 0 unspecified atom stereocenters. The van der Waals surface area contributed by atoms with Crippen LogP contribution in [0.15, 0.2) is 48.8 Å². The number of ether oxygens (including phenoxy) is 1. The summed E-state index contributed by atoms with van der Waals surface area (Å²) in [5.41, 5.74) is 2.34. The Morgan fingerprint density at radius 3 is 2.45 bits per heavy atom. The predicted molar refractivity (Wildman–Crippen MR) is 110 cm³/mol. The standard InChI is InChI=1S/C22H24N4O3/c1-14-12-16(9-10-17(14)21(28)29-22(3,4)5)25-20(27)18-13-24-26(15(18)2)19-8-6-7-11-23-19/h6-13H,1-5H3,(H,25,27). The minimum Gasteiger partial charge on any atom is -0.456 e. The van der Waals surface area contributed by atoms with E-state index in [2.05, 4.69) is 15.4 Å². The minimum atomic E-state index is -0.568. The first-order valence-electron chi connectivity index (χ1n) is 9.27. The van der Waals surface area contributed by atoms with Gasteiger partial charge in [0.15, 0.2) is 5.82 Å². The first-order chi connectivity index (χ1) is 13.7. The largest absolute Gasteiger partial charge is 0.456 e. The van der Waals surface area contributed by atoms with Crippen molar-refractivity contribution in [3.8, 4) is 5.82 Å². The topological polar surface area (TPSA) is 86.1 Å². The summed E-state index contributed by atoms with van der Waals surface area (Å²) >= 11 is 0. The van der Waals surface area contributed by atoms with Crippen molar-refractivity contribution in [1.82, 2.24) is 14.8 Å². The molecule has 0 aliphatic heterocycles. The molecule has 1 N–H and O–H groups in total. The van der Waals surface area contributed by atoms with Crippen LogP contribution in [0.1, 0.15) is 52.7 Å². The van der Waals surface area contributed by atoms with Gasteiger partial charge in [-0.05, 0) is 70.5 Å². The molecular formula is C22H24N4O3. The molecule has 0 spiro atoms. The summed E-state index contributed by atoms with van der Waals surface area (Å²) < 4.78 is 7.03. The van der Waals surface area contributed by atoms with Crippen LogP contribution < -0.4 is 5.32 Å². The number of hydrogen-bond donors (Lipinski definition) is 1. The second-order valence-corrected chi connectivity index (χ2v) is 7.73. The van der Waals surface area contributed by atoms with Gasteiger partial charge >= 0.3 is 5.97 Å². The van der Waals surface area contributed by atoms with Gasteiger partial charge in [-0.2, -0.15) is 5.10 Å². The van der Waals surface area contributed by atoms with Gasteiger partial charge in [0.05, 0.1) is 23.0 Å². The third-order valence-corrected chi connectivity index (χ3v) is 4.22. The van der Waals surface area contributed by atoms with Gasteiger partial charge in [-0.3, -0.25) is 4.79 Å². The van der Waals surface area contributed by atoms with Gasteiger partial charge in [0.1, 0.15) is 5.60 Å². The molecule has 0 saturated heterocycles. The second-order valence-electron chi connectivity index (χ2n) is 7.73. The summed E-state index contributed by atoms with van der Waals surface area (Å²) in [4.78, 5) is 29.3. The van der Waals surface area contributed by atoms with Crippen molar-refractivity contribution in [3.63, 3.8) is 0 Å². The Morgan fingerprint density at radius 1 is 1.07 bits per heavy atom. The van der Waals surface area contributed by atoms with Crippen LogP contribution in [0.25, 0.3) is 5.82 Å². The number of nitrogens with one attached hydrogen (secondary N) is 1. The van der Waals surface area contributed by atoms with Crippen LogP contribution in [-0.2, 0) is 4.74 Å². The Balaban J connectivity index is 1.77. The molecule has 2 aromatic heterocycles. The SMILES string of the molecule is Cc1cc(NC(=O)c2cnn(-c3ccccn3)c2C)ccc1C(=O)OC(C)(C)C. The molecule has 0 aliphatic carbocycles. The zero-order chi connectivity index (χ0) is 21.2. The molecule has 150 valence electrons. The van der Waals surface area contributed by atoms with Crippen molar-refractivity contribution in [3.05, 3.63) is 71.2 Å². The third kappa shape index (κ3) is 4.68. The quantitative estimate of drug-likeness (QED) is 0.676. The molecule has 0 saturated carbocycles. The van der Waals surface area contributed by atoms with Crippen LogP contribution in [-0.4, -0.2) is 32.2 Å². The molecule has 0 fully saturated rings. The average Bonchev–Trinajstić information content (AvgIpc) is 3.02. The maximum absolute atomic E-state index is 12.7. The number of aryl methyl sites for hydroxylation is 1. The van der Waals surface area contributed by atoms with Crippen LogP contribution in [0.3, 0.4) is 0 Å². The van der Waals surface area contributed by atoms with Crippen molar-refractivity contribution in [2.24, 2.45) is 0 Å². The highest BCUT2D eigenvalue weighted by Gasteiger charge is 2.20. The Kier molecular flexibility index (Phi) is 5.50. The summed E-state index contributed by atoms with van der Waals surface area (Å²) in [7, 11) is 0. The van der Waals surface area contributed by atoms with Crippen LogP contribution in [0, 0.1) is 13.8 Å². The minimum absolute atomic E-state index is 0.283. The van der Waals surface area contributed by atoms with Gasteiger partial charge in [0, 0.05) is 11.9 Å². The fourth-order valence-electron chi connectivity index (χ4n) is 2.84. The molecule has 2 heterocycles. The molecule has 29 heavy (non-hydrogen) atoms. The van der Waals surface area contributed by atoms with Crippen molar-refractivity contribution in [2.75, 3.05) is 5.32 Å². The van der Waals surface area contributed by atoms with Gasteiger partial charge in [-0.1, -0.05) is 6.07 Å². The second kappa shape index (κ2) is 7.87. The monoisotopic (exact) mass is 392 g/mol. The maximum atomic E-state index is 12.7. The van der Waals surface area contributed by atoms with Crippen molar-refractivity contribution >= 4 is 17.6 Å². The third-order valence-electron chi connectivity index (χ3n) is 4.22. The van der Waals surface area contributed by atoms with Crippen LogP contribution in [0.4, 0.5) is 5.69 Å². The van der Waals surface area contributed by atoms with Crippen LogP contribution in [0.5, 0.6) is 0 Å². The van der Waals surface area contributed by atoms with Gasteiger partial charge in [-0.25, -0.2) is 14.5 Å². The number of anilines is 1. The number of hydrogen-bond acceptors (Lipinski definition) is 5. The first-order valence-corrected chi connectivity index (χ1v) is 9.27. The number of esters is 1. The number of carbonyl (C=O) groups is 2. The molecule has 7 heteroatoms. The van der Waals surface area contributed by atoms with E-state index in [9.17, 15) is 9.59 Å². The summed E-state index contributed by atoms with van der Waals surface area (Å²) in [6, 6.07) is 10.6. The van der Waals surface area contributed by atoms with Gasteiger partial charge in [0.2, 0.25) is 0 Å². The van der Waals surface area contributed by atoms with Crippen molar-refractivity contribution in [2.45, 2.75) is 40.2 Å². The van der Waals surface area contributed by atoms with E-state index in [4.69, 9.17) is 4.74 Å². The van der Waals surface area contributed by atoms with Gasteiger partial charge < -0.3 is 10.1 Å². The molecule has 0 atom stereocenters. The Hall–Kier alpha value is -3.48. The molecule has 0 radical (unpaired) electrons. The van der Waals surface area contributed by atoms with E-state index < -0.39 is 5.60 Å². The van der Waals surface area contributed by atoms with E-state index in [1.165, 1.54) is 6.20 Å². The molecular weight excluding hydrogens is 368 g/mol. The van der Waals surface area contributed by atoms with Crippen LogP contribution in [0.2, 0.25) is 0 Å². The number of benzene rings is 1. The molecule has 0 aliphatic rings. The summed E-state index contributed by atoms with van der Waals surface area (Å²) in [6.45, 7) is 9.08. The zero-order valence-electron chi connectivity index (χ0n) is 17.2. The Labute approximate surface area is 169 Å². The van der Waals surface area contributed by atoms with Crippen molar-refractivity contribution < 1.29 is 14.3 Å². The highest BCUT2D eigenvalue weighted by Crippen LogP contribution is 2.20. The summed E-state index contributed by atoms with van der Waals surface area (Å²) in [6.07, 6.45) is 3.19. The lowest BCUT2D eigenvalue weighted by atomic mass is 10.1. The summed E-state index contributed by atoms with van der Waals surface area (Å²) in [5.74, 6) is -0.0314. The molecule has 0 bridgehead atoms. The lowest BCUT2D eigenvalue weighted by molar-refractivity contribution is 0.00687. The molecule has 3 rings (SSSR count). The molecule has 1 amide bonds. The van der Waals surface area contributed by atoms with E-state index in [0.29, 0.717) is 28.3 Å². The maximum Gasteiger partial charge on any atom is 0.338 e. The number of carbonyl (C=O) groups excluding carboxylic acids is 2. The van der Waals surface area contributed by atoms with E-state index in [-0.39, 0.29) is 11.9 Å². The van der Waals surface area contributed by atoms with Crippen LogP contribution >= 0.6 is 0 Å². The highest BCUT2D eigenvalue weighted by atomic mass is 16.6. The van der Waals surface area contributed by atoms with E-state index in [1.54, 1.807) is 36.0 Å². The number of pyridine rings is 1. The van der Waals surface area contributed by atoms with Crippen molar-refractivity contribution in [1.29, 1.82) is 0 Å². The number of nitrogens with zero attached hydrogens (tertiary/aromatic N) is 3. The Bertz CT molecular complexity index is 1050. The van der Waals surface area contributed by atoms with E-state index in [0.717, 1.165) is 5.56 Å². The highest BCUT2D eigenvalue weighted by molar-refractivity contribution is 6.05. The number of amides is 1. The van der Waals surface area contributed by atoms with Gasteiger partial charge in [0.25, 0.3) is 5.91 Å². The lowest BCUT2D eigenvalue weighted by Crippen LogP contribution is -2.24. The van der Waals surface area contributed by atoms with Gasteiger partial charge in [-0.15, -0.1) is 0 Å². The fraction of sp³-hybridized carbons (Fsp3) is 0.273. The Morgan fingerprint density at radius 2 is 1.83 bits per heavy atom. The summed E-state index contributed by atoms with van der Waals surface area (Å²) in [5, 5.41) is 7.12. The predicted octanol–water partition coefficient (Wildman–Crippen LogP) is 4.09. The number of rotatable bonds is 4. The lowest BCUT2D eigenvalue weighted by Gasteiger charge is -2.20. The normalized spacial score (nSPS) is 11.2. The zero-order valence-corrected chi connectivity index (χ0v) is 17.2. The van der Waals surface area contributed by atoms with E-state index in [1.807, 2.05) is 45.9 Å². The fourth-order valence-corrected chi connectivity index (χ4v) is 2.84. The molecule has 3 aromatic rings. The average molecular weight is 392 g/mol. The smallest absolute Gasteiger partial charge is 0.338 e. The first kappa shape index (κ1) is 20.3. The van der Waals surface area contributed by atoms with E-state index >= 15 is 0 Å².